The van der Waals surface area contributed by atoms with Crippen molar-refractivity contribution in [3.8, 4) is 17.1 Å². The zero-order valence-electron chi connectivity index (χ0n) is 13.2. The van der Waals surface area contributed by atoms with Crippen molar-refractivity contribution in [1.82, 2.24) is 15.0 Å². The molecule has 0 amide bonds. The highest BCUT2D eigenvalue weighted by Gasteiger charge is 2.14. The number of nitrogens with zero attached hydrogens (tertiary/aromatic N) is 2. The first kappa shape index (κ1) is 14.4. The molecule has 0 saturated carbocycles. The van der Waals surface area contributed by atoms with E-state index in [4.69, 9.17) is 9.15 Å². The first-order valence-corrected chi connectivity index (χ1v) is 7.66. The lowest BCUT2D eigenvalue weighted by Gasteiger charge is -2.09. The highest BCUT2D eigenvalue weighted by atomic mass is 16.5. The summed E-state index contributed by atoms with van der Waals surface area (Å²) in [5, 5.41) is 0. The predicted octanol–water partition coefficient (Wildman–Crippen LogP) is 3.52. The number of hydrogen-bond acceptors (Lipinski definition) is 5. The number of hydrogen-bond donors (Lipinski definition) is 1. The first-order chi connectivity index (χ1) is 11.6. The number of ether oxygens (including phenoxy) is 1. The van der Waals surface area contributed by atoms with Gasteiger partial charge in [0, 0.05) is 11.8 Å². The minimum absolute atomic E-state index is 0.105. The lowest BCUT2D eigenvalue weighted by Crippen LogP contribution is -2.08. The van der Waals surface area contributed by atoms with Crippen molar-refractivity contribution in [3.63, 3.8) is 0 Å². The summed E-state index contributed by atoms with van der Waals surface area (Å²) >= 11 is 0. The maximum atomic E-state index is 12.3. The summed E-state index contributed by atoms with van der Waals surface area (Å²) in [4.78, 5) is 23.9. The van der Waals surface area contributed by atoms with Gasteiger partial charge >= 0.3 is 0 Å². The van der Waals surface area contributed by atoms with Crippen molar-refractivity contribution >= 4 is 22.2 Å². The number of aromatic amines is 1. The number of furan rings is 1. The Labute approximate surface area is 137 Å². The third-order valence-electron chi connectivity index (χ3n) is 3.58. The van der Waals surface area contributed by atoms with E-state index in [9.17, 15) is 4.79 Å². The first-order valence-electron chi connectivity index (χ1n) is 7.66. The molecule has 24 heavy (non-hydrogen) atoms. The van der Waals surface area contributed by atoms with Crippen molar-refractivity contribution < 1.29 is 9.15 Å². The second-order valence-electron chi connectivity index (χ2n) is 5.74. The van der Waals surface area contributed by atoms with Crippen LogP contribution in [-0.4, -0.2) is 21.1 Å². The molecular weight excluding hydrogens is 306 g/mol. The van der Waals surface area contributed by atoms with Crippen LogP contribution >= 0.6 is 0 Å². The molecule has 0 radical (unpaired) electrons. The summed E-state index contributed by atoms with van der Waals surface area (Å²) in [7, 11) is 0. The Hall–Kier alpha value is -3.15. The van der Waals surface area contributed by atoms with Crippen LogP contribution in [0.1, 0.15) is 13.8 Å². The van der Waals surface area contributed by atoms with Crippen LogP contribution in [0.15, 0.2) is 51.8 Å². The van der Waals surface area contributed by atoms with Crippen molar-refractivity contribution in [2.45, 2.75) is 20.0 Å². The molecule has 6 nitrogen and oxygen atoms in total. The SMILES string of the molecule is CC(C)Oc1ccc(-c2nc3c(oc4cccnc43)c(=O)[nH]2)cc1. The van der Waals surface area contributed by atoms with Crippen molar-refractivity contribution in [2.75, 3.05) is 0 Å². The van der Waals surface area contributed by atoms with Gasteiger partial charge in [0.05, 0.1) is 6.10 Å². The molecular formula is C18H15N3O3. The summed E-state index contributed by atoms with van der Waals surface area (Å²) < 4.78 is 11.2. The second-order valence-corrected chi connectivity index (χ2v) is 5.74. The third kappa shape index (κ3) is 2.42. The van der Waals surface area contributed by atoms with Crippen LogP contribution in [0.3, 0.4) is 0 Å². The average Bonchev–Trinajstić information content (AvgIpc) is 2.94. The molecule has 1 N–H and O–H groups in total. The molecule has 0 unspecified atom stereocenters. The topological polar surface area (TPSA) is 81.0 Å². The van der Waals surface area contributed by atoms with Crippen molar-refractivity contribution in [3.05, 3.63) is 52.9 Å². The zero-order chi connectivity index (χ0) is 16.7. The Morgan fingerprint density at radius 2 is 1.92 bits per heavy atom. The average molecular weight is 321 g/mol. The molecule has 3 aromatic heterocycles. The summed E-state index contributed by atoms with van der Waals surface area (Å²) in [6.07, 6.45) is 1.76. The van der Waals surface area contributed by atoms with Crippen molar-refractivity contribution in [1.29, 1.82) is 0 Å². The standard InChI is InChI=1S/C18H15N3O3/c1-10(2)23-12-7-5-11(6-8-12)17-20-15-14-13(4-3-9-19-14)24-16(15)18(22)21-17/h3-10H,1-2H3,(H,20,21,22). The fourth-order valence-corrected chi connectivity index (χ4v) is 2.58. The highest BCUT2D eigenvalue weighted by Crippen LogP contribution is 2.25. The second kappa shape index (κ2) is 5.49. The van der Waals surface area contributed by atoms with Gasteiger partial charge in [-0.2, -0.15) is 0 Å². The van der Waals surface area contributed by atoms with Gasteiger partial charge in [0.15, 0.2) is 5.58 Å². The highest BCUT2D eigenvalue weighted by molar-refractivity contribution is 5.99. The normalized spacial score (nSPS) is 11.5. The van der Waals surface area contributed by atoms with E-state index in [2.05, 4.69) is 15.0 Å². The maximum Gasteiger partial charge on any atom is 0.294 e. The molecule has 0 aliphatic heterocycles. The number of pyridine rings is 1. The van der Waals surface area contributed by atoms with Crippen LogP contribution in [0.5, 0.6) is 5.75 Å². The lowest BCUT2D eigenvalue weighted by atomic mass is 10.2. The number of aromatic nitrogens is 3. The van der Waals surface area contributed by atoms with E-state index < -0.39 is 0 Å². The summed E-state index contributed by atoms with van der Waals surface area (Å²) in [5.74, 6) is 1.24. The molecule has 0 atom stereocenters. The summed E-state index contributed by atoms with van der Waals surface area (Å²) in [5.41, 5.74) is 2.24. The molecule has 4 rings (SSSR count). The van der Waals surface area contributed by atoms with Gasteiger partial charge < -0.3 is 14.1 Å². The fraction of sp³-hybridized carbons (Fsp3) is 0.167. The van der Waals surface area contributed by atoms with Crippen LogP contribution in [0.2, 0.25) is 0 Å². The Morgan fingerprint density at radius 3 is 2.67 bits per heavy atom. The minimum Gasteiger partial charge on any atom is -0.491 e. The minimum atomic E-state index is -0.324. The Morgan fingerprint density at radius 1 is 1.12 bits per heavy atom. The maximum absolute atomic E-state index is 12.3. The molecule has 0 saturated heterocycles. The zero-order valence-corrected chi connectivity index (χ0v) is 13.2. The number of benzene rings is 1. The Balaban J connectivity index is 1.85. The number of rotatable bonds is 3. The smallest absolute Gasteiger partial charge is 0.294 e. The number of fused-ring (bicyclic) bond motifs is 3. The molecule has 0 bridgehead atoms. The largest absolute Gasteiger partial charge is 0.491 e. The van der Waals surface area contributed by atoms with Crippen LogP contribution in [0.25, 0.3) is 33.6 Å². The predicted molar refractivity (Wildman–Crippen MR) is 91.1 cm³/mol. The van der Waals surface area contributed by atoms with Gasteiger partial charge in [-0.3, -0.25) is 9.78 Å². The molecule has 6 heteroatoms. The van der Waals surface area contributed by atoms with Crippen LogP contribution < -0.4 is 10.3 Å². The number of nitrogens with one attached hydrogen (secondary N) is 1. The quantitative estimate of drug-likeness (QED) is 0.624. The fourth-order valence-electron chi connectivity index (χ4n) is 2.58. The van der Waals surface area contributed by atoms with E-state index in [-0.39, 0.29) is 17.2 Å². The van der Waals surface area contributed by atoms with Gasteiger partial charge in [-0.25, -0.2) is 4.98 Å². The van der Waals surface area contributed by atoms with Crippen molar-refractivity contribution in [2.24, 2.45) is 0 Å². The van der Waals surface area contributed by atoms with Gasteiger partial charge in [-0.05, 0) is 50.2 Å². The van der Waals surface area contributed by atoms with E-state index >= 15 is 0 Å². The molecule has 0 aliphatic rings. The Bertz CT molecular complexity index is 1080. The third-order valence-corrected chi connectivity index (χ3v) is 3.58. The van der Waals surface area contributed by atoms with Gasteiger partial charge in [0.2, 0.25) is 5.58 Å². The summed E-state index contributed by atoms with van der Waals surface area (Å²) in [6.45, 7) is 3.94. The monoisotopic (exact) mass is 321 g/mol. The van der Waals surface area contributed by atoms with Crippen LogP contribution in [0.4, 0.5) is 0 Å². The number of H-pyrrole nitrogens is 1. The molecule has 1 aromatic carbocycles. The van der Waals surface area contributed by atoms with Crippen LogP contribution in [-0.2, 0) is 0 Å². The van der Waals surface area contributed by atoms with E-state index in [1.165, 1.54) is 0 Å². The molecule has 0 spiro atoms. The van der Waals surface area contributed by atoms with E-state index in [1.807, 2.05) is 38.1 Å². The van der Waals surface area contributed by atoms with E-state index in [0.29, 0.717) is 22.4 Å². The molecule has 0 aliphatic carbocycles. The molecule has 120 valence electrons. The van der Waals surface area contributed by atoms with Gasteiger partial charge in [-0.15, -0.1) is 0 Å². The lowest BCUT2D eigenvalue weighted by molar-refractivity contribution is 0.242. The molecule has 3 heterocycles. The van der Waals surface area contributed by atoms with Gasteiger partial charge in [-0.1, -0.05) is 0 Å². The van der Waals surface area contributed by atoms with Crippen LogP contribution in [0, 0.1) is 0 Å². The summed E-state index contributed by atoms with van der Waals surface area (Å²) in [6, 6.07) is 10.9. The molecule has 0 fully saturated rings. The Kier molecular flexibility index (Phi) is 3.30. The van der Waals surface area contributed by atoms with Gasteiger partial charge in [0.1, 0.15) is 22.6 Å². The molecule has 4 aromatic rings. The van der Waals surface area contributed by atoms with E-state index in [0.717, 1.165) is 11.3 Å². The van der Waals surface area contributed by atoms with E-state index in [1.54, 1.807) is 18.3 Å². The van der Waals surface area contributed by atoms with Gasteiger partial charge in [0.25, 0.3) is 5.56 Å².